The highest BCUT2D eigenvalue weighted by molar-refractivity contribution is 5.78. The molecule has 0 spiro atoms. The van der Waals surface area contributed by atoms with Gasteiger partial charge < -0.3 is 14.7 Å². The first-order chi connectivity index (χ1) is 11.5. The van der Waals surface area contributed by atoms with Gasteiger partial charge in [0.15, 0.2) is 0 Å². The van der Waals surface area contributed by atoms with E-state index in [4.69, 9.17) is 4.74 Å². The van der Waals surface area contributed by atoms with Crippen molar-refractivity contribution in [2.24, 2.45) is 0 Å². The zero-order chi connectivity index (χ0) is 17.1. The normalized spacial score (nSPS) is 25.2. The van der Waals surface area contributed by atoms with Crippen LogP contribution in [0.15, 0.2) is 18.2 Å². The second-order valence-corrected chi connectivity index (χ2v) is 6.69. The molecule has 2 fully saturated rings. The Labute approximate surface area is 140 Å². The smallest absolute Gasteiger partial charge is 0.249 e. The SMILES string of the molecule is O=C(COC1CCCCC1)N1C[C@H](O)C[C@@H]1c1cc(F)ccc1F. The zero-order valence-corrected chi connectivity index (χ0v) is 13.6. The van der Waals surface area contributed by atoms with Crippen LogP contribution in [-0.4, -0.2) is 41.3 Å². The van der Waals surface area contributed by atoms with Crippen LogP contribution in [0.4, 0.5) is 8.78 Å². The molecule has 0 bridgehead atoms. The number of aliphatic hydroxyl groups is 1. The number of halogens is 2. The number of ether oxygens (including phenoxy) is 1. The molecular formula is C18H23F2NO3. The summed E-state index contributed by atoms with van der Waals surface area (Å²) in [4.78, 5) is 13.9. The van der Waals surface area contributed by atoms with Crippen molar-refractivity contribution in [3.8, 4) is 0 Å². The Morgan fingerprint density at radius 1 is 1.25 bits per heavy atom. The molecule has 0 aromatic heterocycles. The molecule has 1 aliphatic heterocycles. The van der Waals surface area contributed by atoms with Crippen LogP contribution in [0.1, 0.15) is 50.1 Å². The molecular weight excluding hydrogens is 316 g/mol. The van der Waals surface area contributed by atoms with Crippen molar-refractivity contribution in [1.82, 2.24) is 4.90 Å². The number of aliphatic hydroxyl groups excluding tert-OH is 1. The van der Waals surface area contributed by atoms with E-state index < -0.39 is 23.8 Å². The number of carbonyl (C=O) groups excluding carboxylic acids is 1. The van der Waals surface area contributed by atoms with Gasteiger partial charge in [-0.05, 0) is 37.5 Å². The minimum atomic E-state index is -0.740. The minimum Gasteiger partial charge on any atom is -0.391 e. The molecule has 1 aliphatic carbocycles. The number of nitrogens with zero attached hydrogens (tertiary/aromatic N) is 1. The molecule has 1 aromatic carbocycles. The van der Waals surface area contributed by atoms with E-state index in [0.717, 1.165) is 43.9 Å². The number of hydrogen-bond acceptors (Lipinski definition) is 3. The molecule has 1 amide bonds. The Balaban J connectivity index is 1.68. The first kappa shape index (κ1) is 17.3. The number of likely N-dealkylation sites (tertiary alicyclic amines) is 1. The molecule has 1 heterocycles. The average molecular weight is 339 g/mol. The third-order valence-corrected chi connectivity index (χ3v) is 4.91. The lowest BCUT2D eigenvalue weighted by Crippen LogP contribution is -2.36. The van der Waals surface area contributed by atoms with Crippen LogP contribution < -0.4 is 0 Å². The third kappa shape index (κ3) is 3.92. The second kappa shape index (κ2) is 7.57. The number of benzene rings is 1. The monoisotopic (exact) mass is 339 g/mol. The summed E-state index contributed by atoms with van der Waals surface area (Å²) in [6, 6.07) is 2.54. The summed E-state index contributed by atoms with van der Waals surface area (Å²) < 4.78 is 33.2. The van der Waals surface area contributed by atoms with E-state index in [2.05, 4.69) is 0 Å². The molecule has 0 unspecified atom stereocenters. The molecule has 4 nitrogen and oxygen atoms in total. The van der Waals surface area contributed by atoms with E-state index >= 15 is 0 Å². The van der Waals surface area contributed by atoms with Gasteiger partial charge in [-0.3, -0.25) is 4.79 Å². The maximum atomic E-state index is 14.0. The standard InChI is InChI=1S/C18H23F2NO3/c19-12-6-7-16(20)15(8-12)17-9-13(22)10-21(17)18(23)11-24-14-4-2-1-3-5-14/h6-8,13-14,17,22H,1-5,9-11H2/t13-,17-/m1/s1. The van der Waals surface area contributed by atoms with Gasteiger partial charge in [0.25, 0.3) is 0 Å². The topological polar surface area (TPSA) is 49.8 Å². The van der Waals surface area contributed by atoms with E-state index in [0.29, 0.717) is 0 Å². The molecule has 24 heavy (non-hydrogen) atoms. The fourth-order valence-electron chi connectivity index (χ4n) is 3.66. The minimum absolute atomic E-state index is 0.0786. The van der Waals surface area contributed by atoms with Crippen molar-refractivity contribution in [2.75, 3.05) is 13.2 Å². The maximum Gasteiger partial charge on any atom is 0.249 e. The van der Waals surface area contributed by atoms with Gasteiger partial charge in [-0.2, -0.15) is 0 Å². The highest BCUT2D eigenvalue weighted by Gasteiger charge is 2.37. The molecule has 1 saturated heterocycles. The fraction of sp³-hybridized carbons (Fsp3) is 0.611. The summed E-state index contributed by atoms with van der Waals surface area (Å²) in [5.41, 5.74) is 0.109. The number of amides is 1. The molecule has 2 aliphatic rings. The summed E-state index contributed by atoms with van der Waals surface area (Å²) in [6.07, 6.45) is 4.89. The van der Waals surface area contributed by atoms with Crippen LogP contribution >= 0.6 is 0 Å². The molecule has 132 valence electrons. The van der Waals surface area contributed by atoms with Gasteiger partial charge in [0.1, 0.15) is 18.2 Å². The van der Waals surface area contributed by atoms with Crippen LogP contribution in [0.25, 0.3) is 0 Å². The largest absolute Gasteiger partial charge is 0.391 e. The highest BCUT2D eigenvalue weighted by atomic mass is 19.1. The van der Waals surface area contributed by atoms with Gasteiger partial charge >= 0.3 is 0 Å². The molecule has 3 rings (SSSR count). The van der Waals surface area contributed by atoms with Crippen LogP contribution in [0.5, 0.6) is 0 Å². The lowest BCUT2D eigenvalue weighted by atomic mass is 9.98. The van der Waals surface area contributed by atoms with Crippen molar-refractivity contribution in [2.45, 2.75) is 56.8 Å². The molecule has 1 aromatic rings. The summed E-state index contributed by atoms with van der Waals surface area (Å²) in [7, 11) is 0. The Hall–Kier alpha value is -1.53. The number of carbonyl (C=O) groups is 1. The van der Waals surface area contributed by atoms with Crippen molar-refractivity contribution in [3.05, 3.63) is 35.4 Å². The quantitative estimate of drug-likeness (QED) is 0.918. The Bertz CT molecular complexity index is 590. The predicted molar refractivity (Wildman–Crippen MR) is 84.3 cm³/mol. The van der Waals surface area contributed by atoms with Gasteiger partial charge in [0.2, 0.25) is 5.91 Å². The zero-order valence-electron chi connectivity index (χ0n) is 13.6. The number of hydrogen-bond donors (Lipinski definition) is 1. The first-order valence-electron chi connectivity index (χ1n) is 8.58. The average Bonchev–Trinajstić information content (AvgIpc) is 2.97. The highest BCUT2D eigenvalue weighted by Crippen LogP contribution is 2.34. The van der Waals surface area contributed by atoms with Crippen LogP contribution in [0, 0.1) is 11.6 Å². The van der Waals surface area contributed by atoms with E-state index in [1.165, 1.54) is 11.3 Å². The summed E-state index contributed by atoms with van der Waals surface area (Å²) in [6.45, 7) is 0.0400. The van der Waals surface area contributed by atoms with Crippen molar-refractivity contribution < 1.29 is 23.4 Å². The molecule has 2 atom stereocenters. The predicted octanol–water partition coefficient (Wildman–Crippen LogP) is 2.95. The first-order valence-corrected chi connectivity index (χ1v) is 8.58. The van der Waals surface area contributed by atoms with Crippen molar-refractivity contribution in [3.63, 3.8) is 0 Å². The lowest BCUT2D eigenvalue weighted by molar-refractivity contribution is -0.140. The van der Waals surface area contributed by atoms with E-state index in [9.17, 15) is 18.7 Å². The van der Waals surface area contributed by atoms with Crippen molar-refractivity contribution in [1.29, 1.82) is 0 Å². The summed E-state index contributed by atoms with van der Waals surface area (Å²) >= 11 is 0. The number of β-amino-alcohol motifs (C(OH)–C–C–N with tert-alkyl or cyclic N) is 1. The second-order valence-electron chi connectivity index (χ2n) is 6.69. The number of rotatable bonds is 4. The Morgan fingerprint density at radius 3 is 2.75 bits per heavy atom. The molecule has 1 saturated carbocycles. The Morgan fingerprint density at radius 2 is 2.00 bits per heavy atom. The van der Waals surface area contributed by atoms with Gasteiger partial charge in [-0.15, -0.1) is 0 Å². The van der Waals surface area contributed by atoms with Crippen molar-refractivity contribution >= 4 is 5.91 Å². The fourth-order valence-corrected chi connectivity index (χ4v) is 3.66. The maximum absolute atomic E-state index is 14.0. The van der Waals surface area contributed by atoms with Gasteiger partial charge in [-0.25, -0.2) is 8.78 Å². The summed E-state index contributed by atoms with van der Waals surface area (Å²) in [5, 5.41) is 9.91. The van der Waals surface area contributed by atoms with Crippen LogP contribution in [0.2, 0.25) is 0 Å². The van der Waals surface area contributed by atoms with Gasteiger partial charge in [0.05, 0.1) is 18.2 Å². The van der Waals surface area contributed by atoms with Crippen LogP contribution in [0.3, 0.4) is 0 Å². The van der Waals surface area contributed by atoms with Gasteiger partial charge in [-0.1, -0.05) is 19.3 Å². The molecule has 0 radical (unpaired) electrons. The van der Waals surface area contributed by atoms with E-state index in [1.807, 2.05) is 0 Å². The Kier molecular flexibility index (Phi) is 5.46. The molecule has 1 N–H and O–H groups in total. The molecule has 6 heteroatoms. The van der Waals surface area contributed by atoms with E-state index in [1.54, 1.807) is 0 Å². The van der Waals surface area contributed by atoms with Gasteiger partial charge in [0, 0.05) is 12.1 Å². The lowest BCUT2D eigenvalue weighted by Gasteiger charge is -2.27. The third-order valence-electron chi connectivity index (χ3n) is 4.91. The summed E-state index contributed by atoms with van der Waals surface area (Å²) in [5.74, 6) is -1.41. The van der Waals surface area contributed by atoms with Crippen LogP contribution in [-0.2, 0) is 9.53 Å². The van der Waals surface area contributed by atoms with E-state index in [-0.39, 0.29) is 37.1 Å².